The highest BCUT2D eigenvalue weighted by Crippen LogP contribution is 2.43. The average Bonchev–Trinajstić information content (AvgIpc) is 2.34. The standard InChI is InChI=1S/C6H8F5N.ClH/c7-5(8,6(9,10)11)4-1-2-12-3-4;/h4,12H,1-3H2;1H. The summed E-state index contributed by atoms with van der Waals surface area (Å²) in [7, 11) is 0. The maximum Gasteiger partial charge on any atom is 0.453 e. The third-order valence-corrected chi connectivity index (χ3v) is 1.95. The van der Waals surface area contributed by atoms with Crippen molar-refractivity contribution in [3.63, 3.8) is 0 Å². The minimum atomic E-state index is -5.41. The first kappa shape index (κ1) is 12.9. The lowest BCUT2D eigenvalue weighted by atomic mass is 10.0. The SMILES string of the molecule is Cl.FC(F)(F)C(F)(F)C1CCNC1. The lowest BCUT2D eigenvalue weighted by molar-refractivity contribution is -0.300. The first-order valence-electron chi connectivity index (χ1n) is 3.51. The molecule has 0 bridgehead atoms. The van der Waals surface area contributed by atoms with E-state index in [4.69, 9.17) is 0 Å². The van der Waals surface area contributed by atoms with E-state index < -0.39 is 18.0 Å². The molecule has 1 fully saturated rings. The Kier molecular flexibility index (Phi) is 3.93. The molecule has 1 saturated heterocycles. The summed E-state index contributed by atoms with van der Waals surface area (Å²) < 4.78 is 60.1. The van der Waals surface area contributed by atoms with E-state index in [1.165, 1.54) is 0 Å². The van der Waals surface area contributed by atoms with Gasteiger partial charge in [0.25, 0.3) is 0 Å². The lowest BCUT2D eigenvalue weighted by Gasteiger charge is -2.24. The molecule has 1 unspecified atom stereocenters. The van der Waals surface area contributed by atoms with Crippen LogP contribution < -0.4 is 5.32 Å². The van der Waals surface area contributed by atoms with Crippen molar-refractivity contribution < 1.29 is 22.0 Å². The monoisotopic (exact) mass is 225 g/mol. The normalized spacial score (nSPS) is 24.2. The summed E-state index contributed by atoms with van der Waals surface area (Å²) in [5, 5.41) is 2.47. The van der Waals surface area contributed by atoms with Crippen LogP contribution >= 0.6 is 12.4 Å². The number of halogens is 6. The van der Waals surface area contributed by atoms with Crippen LogP contribution in [0.4, 0.5) is 22.0 Å². The second-order valence-corrected chi connectivity index (χ2v) is 2.81. The van der Waals surface area contributed by atoms with E-state index >= 15 is 0 Å². The number of hydrogen-bond acceptors (Lipinski definition) is 1. The van der Waals surface area contributed by atoms with E-state index in [0.29, 0.717) is 0 Å². The van der Waals surface area contributed by atoms with E-state index in [9.17, 15) is 22.0 Å². The van der Waals surface area contributed by atoms with Crippen molar-refractivity contribution in [2.45, 2.75) is 18.5 Å². The summed E-state index contributed by atoms with van der Waals surface area (Å²) in [6.07, 6.45) is -5.53. The first-order chi connectivity index (χ1) is 5.36. The molecule has 0 aromatic carbocycles. The number of rotatable bonds is 1. The molecule has 0 aromatic heterocycles. The molecule has 0 radical (unpaired) electrons. The van der Waals surface area contributed by atoms with Gasteiger partial charge in [0.15, 0.2) is 0 Å². The zero-order valence-electron chi connectivity index (χ0n) is 6.50. The Morgan fingerprint density at radius 3 is 1.92 bits per heavy atom. The van der Waals surface area contributed by atoms with Gasteiger partial charge < -0.3 is 5.32 Å². The fourth-order valence-corrected chi connectivity index (χ4v) is 1.20. The molecule has 0 saturated carbocycles. The molecule has 1 atom stereocenters. The van der Waals surface area contributed by atoms with Crippen molar-refractivity contribution in [2.24, 2.45) is 5.92 Å². The highest BCUT2D eigenvalue weighted by molar-refractivity contribution is 5.85. The van der Waals surface area contributed by atoms with Crippen molar-refractivity contribution in [3.05, 3.63) is 0 Å². The molecular weight excluding hydrogens is 217 g/mol. The predicted octanol–water partition coefficient (Wildman–Crippen LogP) is 2.22. The lowest BCUT2D eigenvalue weighted by Crippen LogP contribution is -2.44. The van der Waals surface area contributed by atoms with E-state index in [2.05, 4.69) is 5.32 Å². The number of alkyl halides is 5. The molecule has 80 valence electrons. The molecular formula is C6H9ClF5N. The van der Waals surface area contributed by atoms with Crippen LogP contribution in [0.1, 0.15) is 6.42 Å². The van der Waals surface area contributed by atoms with Gasteiger partial charge >= 0.3 is 12.1 Å². The molecule has 1 aliphatic heterocycles. The Morgan fingerprint density at radius 1 is 1.08 bits per heavy atom. The van der Waals surface area contributed by atoms with Gasteiger partial charge in [-0.25, -0.2) is 0 Å². The molecule has 7 heteroatoms. The van der Waals surface area contributed by atoms with Gasteiger partial charge in [0.2, 0.25) is 0 Å². The molecule has 0 spiro atoms. The molecule has 1 aliphatic rings. The zero-order chi connectivity index (χ0) is 9.41. The molecule has 1 N–H and O–H groups in total. The van der Waals surface area contributed by atoms with Crippen LogP contribution in [0.3, 0.4) is 0 Å². The third kappa shape index (κ3) is 2.43. The minimum absolute atomic E-state index is 0. The fraction of sp³-hybridized carbons (Fsp3) is 1.00. The van der Waals surface area contributed by atoms with Crippen molar-refractivity contribution in [1.82, 2.24) is 5.32 Å². The van der Waals surface area contributed by atoms with Crippen LogP contribution in [0, 0.1) is 5.92 Å². The highest BCUT2D eigenvalue weighted by Gasteiger charge is 2.62. The van der Waals surface area contributed by atoms with Crippen LogP contribution in [0.2, 0.25) is 0 Å². The molecule has 1 nitrogen and oxygen atoms in total. The Balaban J connectivity index is 0.00000144. The molecule has 13 heavy (non-hydrogen) atoms. The Morgan fingerprint density at radius 2 is 1.62 bits per heavy atom. The molecule has 1 rings (SSSR count). The second kappa shape index (κ2) is 3.96. The van der Waals surface area contributed by atoms with Gasteiger partial charge in [0.1, 0.15) is 0 Å². The van der Waals surface area contributed by atoms with Gasteiger partial charge in [0, 0.05) is 12.5 Å². The average molecular weight is 226 g/mol. The quantitative estimate of drug-likeness (QED) is 0.675. The number of nitrogens with one attached hydrogen (secondary N) is 1. The number of hydrogen-bond donors (Lipinski definition) is 1. The summed E-state index contributed by atoms with van der Waals surface area (Å²) in [5.41, 5.74) is 0. The van der Waals surface area contributed by atoms with Crippen LogP contribution in [0.15, 0.2) is 0 Å². The zero-order valence-corrected chi connectivity index (χ0v) is 7.31. The van der Waals surface area contributed by atoms with E-state index in [-0.39, 0.29) is 31.9 Å². The van der Waals surface area contributed by atoms with E-state index in [0.717, 1.165) is 0 Å². The molecule has 1 heterocycles. The maximum atomic E-state index is 12.5. The van der Waals surface area contributed by atoms with Gasteiger partial charge in [0.05, 0.1) is 0 Å². The predicted molar refractivity (Wildman–Crippen MR) is 39.2 cm³/mol. The summed E-state index contributed by atoms with van der Waals surface area (Å²) in [4.78, 5) is 0. The third-order valence-electron chi connectivity index (χ3n) is 1.95. The Hall–Kier alpha value is -0.100. The largest absolute Gasteiger partial charge is 0.453 e. The van der Waals surface area contributed by atoms with Gasteiger partial charge in [-0.3, -0.25) is 0 Å². The summed E-state index contributed by atoms with van der Waals surface area (Å²) >= 11 is 0. The molecule has 0 aromatic rings. The van der Waals surface area contributed by atoms with Gasteiger partial charge in [-0.2, -0.15) is 22.0 Å². The molecule has 0 aliphatic carbocycles. The Bertz CT molecular complexity index is 163. The van der Waals surface area contributed by atoms with Crippen LogP contribution in [0.25, 0.3) is 0 Å². The van der Waals surface area contributed by atoms with Crippen LogP contribution in [-0.4, -0.2) is 25.2 Å². The van der Waals surface area contributed by atoms with Gasteiger partial charge in [-0.1, -0.05) is 0 Å². The van der Waals surface area contributed by atoms with E-state index in [1.54, 1.807) is 0 Å². The summed E-state index contributed by atoms with van der Waals surface area (Å²) in [5.74, 6) is -6.14. The Labute approximate surface area is 78.1 Å². The smallest absolute Gasteiger partial charge is 0.316 e. The van der Waals surface area contributed by atoms with Crippen molar-refractivity contribution in [3.8, 4) is 0 Å². The van der Waals surface area contributed by atoms with Crippen molar-refractivity contribution in [1.29, 1.82) is 0 Å². The topological polar surface area (TPSA) is 12.0 Å². The van der Waals surface area contributed by atoms with Crippen molar-refractivity contribution in [2.75, 3.05) is 13.1 Å². The first-order valence-corrected chi connectivity index (χ1v) is 3.51. The van der Waals surface area contributed by atoms with Crippen LogP contribution in [-0.2, 0) is 0 Å². The summed E-state index contributed by atoms with van der Waals surface area (Å²) in [6, 6.07) is 0. The fourth-order valence-electron chi connectivity index (χ4n) is 1.20. The maximum absolute atomic E-state index is 12.5. The molecule has 0 amide bonds. The van der Waals surface area contributed by atoms with Crippen LogP contribution in [0.5, 0.6) is 0 Å². The summed E-state index contributed by atoms with van der Waals surface area (Å²) in [6.45, 7) is -0.0250. The second-order valence-electron chi connectivity index (χ2n) is 2.81. The van der Waals surface area contributed by atoms with Gasteiger partial charge in [-0.15, -0.1) is 12.4 Å². The van der Waals surface area contributed by atoms with Gasteiger partial charge in [-0.05, 0) is 13.0 Å². The van der Waals surface area contributed by atoms with E-state index in [1.807, 2.05) is 0 Å². The van der Waals surface area contributed by atoms with Crippen molar-refractivity contribution >= 4 is 12.4 Å². The minimum Gasteiger partial charge on any atom is -0.316 e. The highest BCUT2D eigenvalue weighted by atomic mass is 35.5.